The van der Waals surface area contributed by atoms with Gasteiger partial charge < -0.3 is 35.4 Å². The summed E-state index contributed by atoms with van der Waals surface area (Å²) in [5.74, 6) is 1.12. The lowest BCUT2D eigenvalue weighted by Crippen LogP contribution is -2.35. The Hall–Kier alpha value is -5.14. The van der Waals surface area contributed by atoms with Crippen molar-refractivity contribution in [2.75, 3.05) is 33.9 Å². The largest absolute Gasteiger partial charge is 0.496 e. The number of aliphatic carboxylic acids is 1. The second-order valence-electron chi connectivity index (χ2n) is 17.1. The van der Waals surface area contributed by atoms with Crippen LogP contribution in [0.3, 0.4) is 0 Å². The van der Waals surface area contributed by atoms with E-state index in [0.717, 1.165) is 87.8 Å². The van der Waals surface area contributed by atoms with Crippen LogP contribution in [0.4, 0.5) is 0 Å². The lowest BCUT2D eigenvalue weighted by molar-refractivity contribution is -0.143. The first-order valence-corrected chi connectivity index (χ1v) is 22.3. The number of aromatic nitrogens is 2. The molecule has 2 atom stereocenters. The molecule has 3 fully saturated rings. The Labute approximate surface area is 372 Å². The molecule has 0 bridgehead atoms. The zero-order valence-electron chi connectivity index (χ0n) is 35.2. The van der Waals surface area contributed by atoms with Gasteiger partial charge in [-0.2, -0.15) is 5.10 Å². The van der Waals surface area contributed by atoms with Crippen LogP contribution >= 0.6 is 23.2 Å². The van der Waals surface area contributed by atoms with Gasteiger partial charge in [-0.1, -0.05) is 65.7 Å². The number of carbonyl (C=O) groups is 3. The van der Waals surface area contributed by atoms with Gasteiger partial charge in [0.1, 0.15) is 18.1 Å². The topological polar surface area (TPSA) is 147 Å². The molecule has 0 radical (unpaired) electrons. The number of nitrogens with one attached hydrogen (secondary N) is 3. The van der Waals surface area contributed by atoms with Crippen molar-refractivity contribution in [2.24, 2.45) is 11.8 Å². The third-order valence-electron chi connectivity index (χ3n) is 12.6. The Kier molecular flexibility index (Phi) is 13.7. The highest BCUT2D eigenvalue weighted by Crippen LogP contribution is 2.41. The molecule has 62 heavy (non-hydrogen) atoms. The average molecular weight is 882 g/mol. The van der Waals surface area contributed by atoms with Gasteiger partial charge >= 0.3 is 5.97 Å². The highest BCUT2D eigenvalue weighted by Gasteiger charge is 2.28. The van der Waals surface area contributed by atoms with E-state index in [1.807, 2.05) is 59.4 Å². The minimum absolute atomic E-state index is 0.0397. The predicted molar refractivity (Wildman–Crippen MR) is 242 cm³/mol. The van der Waals surface area contributed by atoms with Crippen molar-refractivity contribution in [2.45, 2.75) is 83.1 Å². The highest BCUT2D eigenvalue weighted by atomic mass is 35.5. The number of halogens is 2. The summed E-state index contributed by atoms with van der Waals surface area (Å²) in [7, 11) is 3.75. The molecule has 1 aromatic heterocycles. The fraction of sp³-hybridized carbons (Fsp3) is 0.417. The molecule has 1 aliphatic carbocycles. The molecule has 1 saturated carbocycles. The zero-order valence-corrected chi connectivity index (χ0v) is 36.7. The Bertz CT molecular complexity index is 2450. The van der Waals surface area contributed by atoms with Crippen LogP contribution < -0.4 is 25.4 Å². The van der Waals surface area contributed by atoms with Gasteiger partial charge in [0, 0.05) is 77.7 Å². The van der Waals surface area contributed by atoms with Crippen LogP contribution in [-0.2, 0) is 34.0 Å². The number of hydrogen-bond acceptors (Lipinski definition) is 8. The van der Waals surface area contributed by atoms with Crippen LogP contribution in [0.5, 0.6) is 11.5 Å². The van der Waals surface area contributed by atoms with Crippen LogP contribution in [0, 0.1) is 11.8 Å². The SMILES string of the molecule is COc1cc(-c2cccc(-c3cccc4c3cnn4Cc3cc(OC[C@@H]4CCC(=O)N4)c(CN(C)C[C@H]4CC[C@H](C(=O)O)CC4)cc3Cl)c2Cl)ccc1CNC[C@@H]1CCC(=O)N1. The molecule has 0 spiro atoms. The van der Waals surface area contributed by atoms with Gasteiger partial charge in [-0.25, -0.2) is 0 Å². The second kappa shape index (κ2) is 19.5. The summed E-state index contributed by atoms with van der Waals surface area (Å²) >= 11 is 14.3. The van der Waals surface area contributed by atoms with Crippen LogP contribution in [0.15, 0.2) is 72.9 Å². The molecule has 2 amide bonds. The summed E-state index contributed by atoms with van der Waals surface area (Å²) in [5.41, 5.74) is 7.39. The quantitative estimate of drug-likeness (QED) is 0.0728. The molecule has 326 valence electrons. The molecule has 3 heterocycles. The maximum absolute atomic E-state index is 12.0. The number of fused-ring (bicyclic) bond motifs is 1. The monoisotopic (exact) mass is 880 g/mol. The molecule has 8 rings (SSSR count). The van der Waals surface area contributed by atoms with Crippen LogP contribution in [0.1, 0.15) is 68.1 Å². The molecule has 2 saturated heterocycles. The number of carboxylic acids is 1. The molecule has 14 heteroatoms. The lowest BCUT2D eigenvalue weighted by atomic mass is 9.82. The number of carbonyl (C=O) groups excluding carboxylic acids is 2. The Morgan fingerprint density at radius 2 is 1.60 bits per heavy atom. The van der Waals surface area contributed by atoms with Gasteiger partial charge in [-0.15, -0.1) is 0 Å². The van der Waals surface area contributed by atoms with Crippen molar-refractivity contribution in [3.05, 3.63) is 99.7 Å². The zero-order chi connectivity index (χ0) is 43.3. The number of benzene rings is 4. The molecule has 4 N–H and O–H groups in total. The van der Waals surface area contributed by atoms with Gasteiger partial charge in [0.2, 0.25) is 11.8 Å². The number of hydrogen-bond donors (Lipinski definition) is 4. The molecule has 0 unspecified atom stereocenters. The minimum Gasteiger partial charge on any atom is -0.496 e. The summed E-state index contributed by atoms with van der Waals surface area (Å²) < 4.78 is 14.2. The minimum atomic E-state index is -0.691. The van der Waals surface area contributed by atoms with Crippen LogP contribution in [0.25, 0.3) is 33.2 Å². The number of rotatable bonds is 17. The standard InChI is InChI=1S/C48H54Cl2N6O6/c1-55(25-29-9-11-30(12-10-29)48(59)60)26-34-19-41(49)33(21-44(34)62-28-36-16-18-46(58)54-36)27-56-42-8-4-6-38(40(42)24-52-56)39-7-3-5-37(47(39)50)31-13-14-32(43(20-31)61-2)22-51-23-35-15-17-45(57)53-35/h3-8,13-14,19-21,24,29-30,35-36,51H,9-12,15-18,22-23,25-28H2,1-2H3,(H,53,57)(H,54,58)(H,59,60)/t29-,30-,35-,36-/m0/s1. The number of nitrogens with zero attached hydrogens (tertiary/aromatic N) is 3. The van der Waals surface area contributed by atoms with Crippen molar-refractivity contribution < 1.29 is 29.0 Å². The maximum Gasteiger partial charge on any atom is 0.306 e. The summed E-state index contributed by atoms with van der Waals surface area (Å²) in [4.78, 5) is 37.3. The fourth-order valence-corrected chi connectivity index (χ4v) is 9.84. The third-order valence-corrected chi connectivity index (χ3v) is 13.4. The lowest BCUT2D eigenvalue weighted by Gasteiger charge is -2.30. The molecular weight excluding hydrogens is 827 g/mol. The maximum atomic E-state index is 12.0. The summed E-state index contributed by atoms with van der Waals surface area (Å²) in [6.07, 6.45) is 7.74. The van der Waals surface area contributed by atoms with Crippen molar-refractivity contribution >= 4 is 51.9 Å². The van der Waals surface area contributed by atoms with Crippen LogP contribution in [0.2, 0.25) is 10.0 Å². The summed E-state index contributed by atoms with van der Waals surface area (Å²) in [6.45, 7) is 3.51. The molecular formula is C48H54Cl2N6O6. The van der Waals surface area contributed by atoms with E-state index in [1.165, 1.54) is 0 Å². The third kappa shape index (κ3) is 10.0. The summed E-state index contributed by atoms with van der Waals surface area (Å²) in [6, 6.07) is 22.4. The van der Waals surface area contributed by atoms with Gasteiger partial charge in [0.05, 0.1) is 42.4 Å². The first-order valence-electron chi connectivity index (χ1n) is 21.6. The number of ether oxygens (including phenoxy) is 2. The van der Waals surface area contributed by atoms with Gasteiger partial charge in [0.15, 0.2) is 0 Å². The molecule has 3 aliphatic rings. The Morgan fingerprint density at radius 1 is 0.871 bits per heavy atom. The van der Waals surface area contributed by atoms with E-state index in [9.17, 15) is 19.5 Å². The number of methoxy groups -OCH3 is 1. The van der Waals surface area contributed by atoms with Crippen molar-refractivity contribution in [1.82, 2.24) is 30.6 Å². The Morgan fingerprint density at radius 3 is 2.32 bits per heavy atom. The average Bonchev–Trinajstić information content (AvgIpc) is 4.01. The molecule has 4 aromatic carbocycles. The van der Waals surface area contributed by atoms with E-state index in [2.05, 4.69) is 46.1 Å². The van der Waals surface area contributed by atoms with Crippen LogP contribution in [-0.4, -0.2) is 83.5 Å². The summed E-state index contributed by atoms with van der Waals surface area (Å²) in [5, 5.41) is 25.9. The normalized spacial score (nSPS) is 20.1. The molecule has 2 aliphatic heterocycles. The highest BCUT2D eigenvalue weighted by molar-refractivity contribution is 6.36. The molecule has 5 aromatic rings. The smallest absolute Gasteiger partial charge is 0.306 e. The Balaban J connectivity index is 1.01. The van der Waals surface area contributed by atoms with Crippen molar-refractivity contribution in [3.8, 4) is 33.8 Å². The first kappa shape index (κ1) is 43.5. The number of amides is 2. The van der Waals surface area contributed by atoms with E-state index in [4.69, 9.17) is 37.8 Å². The van der Waals surface area contributed by atoms with Gasteiger partial charge in [-0.3, -0.25) is 19.1 Å². The predicted octanol–water partition coefficient (Wildman–Crippen LogP) is 8.08. The molecule has 12 nitrogen and oxygen atoms in total. The van der Waals surface area contributed by atoms with E-state index < -0.39 is 5.97 Å². The van der Waals surface area contributed by atoms with Crippen molar-refractivity contribution in [3.63, 3.8) is 0 Å². The first-order chi connectivity index (χ1) is 30.0. The number of carboxylic acid groups (broad SMARTS) is 1. The van der Waals surface area contributed by atoms with Gasteiger partial charge in [0.25, 0.3) is 0 Å². The van der Waals surface area contributed by atoms with Crippen molar-refractivity contribution in [1.29, 1.82) is 0 Å². The van der Waals surface area contributed by atoms with E-state index in [-0.39, 0.29) is 29.8 Å². The van der Waals surface area contributed by atoms with Gasteiger partial charge in [-0.05, 0) is 92.4 Å². The van der Waals surface area contributed by atoms with E-state index >= 15 is 0 Å². The fourth-order valence-electron chi connectivity index (χ4n) is 9.25. The second-order valence-corrected chi connectivity index (χ2v) is 17.9. The van der Waals surface area contributed by atoms with E-state index in [1.54, 1.807) is 7.11 Å². The van der Waals surface area contributed by atoms with E-state index in [0.29, 0.717) is 80.2 Å².